The van der Waals surface area contributed by atoms with Crippen molar-refractivity contribution in [1.82, 2.24) is 14.7 Å². The molecule has 1 saturated heterocycles. The van der Waals surface area contributed by atoms with Crippen LogP contribution in [0.1, 0.15) is 35.3 Å². The van der Waals surface area contributed by atoms with Crippen molar-refractivity contribution < 1.29 is 31.0 Å². The van der Waals surface area contributed by atoms with Crippen LogP contribution >= 0.6 is 0 Å². The first-order chi connectivity index (χ1) is 17.1. The van der Waals surface area contributed by atoms with E-state index in [0.29, 0.717) is 35.7 Å². The highest BCUT2D eigenvalue weighted by Gasteiger charge is 2.32. The lowest BCUT2D eigenvalue weighted by molar-refractivity contribution is -0.275. The molecule has 0 spiro atoms. The van der Waals surface area contributed by atoms with Crippen LogP contribution in [0.3, 0.4) is 0 Å². The summed E-state index contributed by atoms with van der Waals surface area (Å²) in [5, 5.41) is 4.03. The zero-order chi connectivity index (χ0) is 25.6. The molecule has 5 rings (SSSR count). The molecule has 4 aromatic rings. The molecule has 11 heteroatoms. The normalized spacial score (nSPS) is 18.3. The quantitative estimate of drug-likeness (QED) is 0.299. The van der Waals surface area contributed by atoms with E-state index < -0.39 is 28.7 Å². The molecule has 0 amide bonds. The van der Waals surface area contributed by atoms with Crippen LogP contribution in [-0.2, 0) is 23.6 Å². The number of nitrogens with zero attached hydrogens (tertiary/aromatic N) is 3. The molecule has 0 bridgehead atoms. The maximum absolute atomic E-state index is 14.2. The van der Waals surface area contributed by atoms with Crippen LogP contribution in [0.5, 0.6) is 5.75 Å². The molecule has 0 saturated carbocycles. The molecule has 2 unspecified atom stereocenters. The summed E-state index contributed by atoms with van der Waals surface area (Å²) >= 11 is 0. The molecule has 6 nitrogen and oxygen atoms in total. The van der Waals surface area contributed by atoms with Gasteiger partial charge in [0.15, 0.2) is 11.6 Å². The lowest BCUT2D eigenvalue weighted by Crippen LogP contribution is -2.18. The predicted octanol–water partition coefficient (Wildman–Crippen LogP) is 5.82. The molecular weight excluding hydrogens is 498 g/mol. The molecular formula is C25H23F4N3O3S. The number of fused-ring (bicyclic) bond motifs is 1. The average molecular weight is 522 g/mol. The Kier molecular flexibility index (Phi) is 6.36. The van der Waals surface area contributed by atoms with Crippen LogP contribution in [0.15, 0.2) is 40.9 Å². The van der Waals surface area contributed by atoms with Gasteiger partial charge in [-0.1, -0.05) is 17.3 Å². The van der Waals surface area contributed by atoms with Crippen LogP contribution < -0.4 is 4.74 Å². The Morgan fingerprint density at radius 2 is 1.97 bits per heavy atom. The van der Waals surface area contributed by atoms with Gasteiger partial charge in [-0.3, -0.25) is 4.21 Å². The average Bonchev–Trinajstić information content (AvgIpc) is 3.49. The van der Waals surface area contributed by atoms with E-state index in [1.165, 1.54) is 6.07 Å². The molecule has 1 aliphatic rings. The Hall–Kier alpha value is -3.21. The van der Waals surface area contributed by atoms with Gasteiger partial charge in [0.1, 0.15) is 11.6 Å². The Morgan fingerprint density at radius 3 is 2.61 bits per heavy atom. The van der Waals surface area contributed by atoms with Crippen molar-refractivity contribution in [2.45, 2.75) is 45.5 Å². The van der Waals surface area contributed by atoms with Crippen LogP contribution in [0.25, 0.3) is 22.2 Å². The van der Waals surface area contributed by atoms with Crippen molar-refractivity contribution in [2.24, 2.45) is 0 Å². The van der Waals surface area contributed by atoms with Crippen LogP contribution in [-0.4, -0.2) is 36.8 Å². The summed E-state index contributed by atoms with van der Waals surface area (Å²) in [6.07, 6.45) is -3.41. The number of hydrogen-bond donors (Lipinski definition) is 0. The molecule has 2 atom stereocenters. The first kappa shape index (κ1) is 24.5. The Morgan fingerprint density at radius 1 is 1.17 bits per heavy atom. The highest BCUT2D eigenvalue weighted by molar-refractivity contribution is 7.85. The van der Waals surface area contributed by atoms with Gasteiger partial charge in [-0.15, -0.1) is 13.2 Å². The number of alkyl halides is 3. The molecule has 2 aromatic heterocycles. The van der Waals surface area contributed by atoms with Crippen LogP contribution in [0, 0.1) is 19.7 Å². The van der Waals surface area contributed by atoms with E-state index >= 15 is 0 Å². The summed E-state index contributed by atoms with van der Waals surface area (Å²) in [6, 6.07) is 9.41. The third-order valence-corrected chi connectivity index (χ3v) is 7.81. The summed E-state index contributed by atoms with van der Waals surface area (Å²) in [5.74, 6) is 0.667. The van der Waals surface area contributed by atoms with E-state index in [1.807, 2.05) is 32.0 Å². The number of imidazole rings is 1. The summed E-state index contributed by atoms with van der Waals surface area (Å²) in [4.78, 5) is 4.86. The number of aromatic nitrogens is 3. The van der Waals surface area contributed by atoms with Gasteiger partial charge >= 0.3 is 6.36 Å². The largest absolute Gasteiger partial charge is 0.573 e. The zero-order valence-electron chi connectivity index (χ0n) is 19.6. The fourth-order valence-electron chi connectivity index (χ4n) is 4.80. The Bertz CT molecular complexity index is 1440. The molecule has 1 aliphatic heterocycles. The zero-order valence-corrected chi connectivity index (χ0v) is 20.4. The minimum absolute atomic E-state index is 0.0232. The predicted molar refractivity (Wildman–Crippen MR) is 127 cm³/mol. The summed E-state index contributed by atoms with van der Waals surface area (Å²) in [6.45, 7) is 3.72. The van der Waals surface area contributed by atoms with Crippen molar-refractivity contribution in [3.63, 3.8) is 0 Å². The number of halogens is 4. The minimum atomic E-state index is -4.96. The number of rotatable bonds is 6. The highest BCUT2D eigenvalue weighted by atomic mass is 32.2. The lowest BCUT2D eigenvalue weighted by Gasteiger charge is -2.16. The van der Waals surface area contributed by atoms with E-state index in [-0.39, 0.29) is 6.04 Å². The van der Waals surface area contributed by atoms with Gasteiger partial charge in [0.2, 0.25) is 0 Å². The smallest absolute Gasteiger partial charge is 0.403 e. The van der Waals surface area contributed by atoms with Crippen molar-refractivity contribution in [3.8, 4) is 16.9 Å². The van der Waals surface area contributed by atoms with E-state index in [9.17, 15) is 21.8 Å². The fourth-order valence-corrected chi connectivity index (χ4v) is 6.25. The number of ether oxygens (including phenoxy) is 1. The van der Waals surface area contributed by atoms with Crippen molar-refractivity contribution >= 4 is 21.8 Å². The second-order valence-electron chi connectivity index (χ2n) is 8.87. The van der Waals surface area contributed by atoms with Gasteiger partial charge in [-0.25, -0.2) is 9.37 Å². The molecule has 1 fully saturated rings. The molecule has 190 valence electrons. The topological polar surface area (TPSA) is 70.2 Å². The summed E-state index contributed by atoms with van der Waals surface area (Å²) in [7, 11) is -0.902. The van der Waals surface area contributed by atoms with Gasteiger partial charge < -0.3 is 13.8 Å². The molecule has 0 N–H and O–H groups in total. The number of hydrogen-bond acceptors (Lipinski definition) is 5. The Labute approximate surface area is 206 Å². The molecule has 36 heavy (non-hydrogen) atoms. The maximum atomic E-state index is 14.2. The van der Waals surface area contributed by atoms with Crippen molar-refractivity contribution in [1.29, 1.82) is 0 Å². The van der Waals surface area contributed by atoms with Crippen LogP contribution in [0.2, 0.25) is 0 Å². The SMILES string of the molecule is Cc1noc(C)c1-c1ccc2c(c1)nc(CCc1ccc(OC(F)(F)F)c(F)c1)n2C1CCS(=O)C1. The second kappa shape index (κ2) is 9.34. The summed E-state index contributed by atoms with van der Waals surface area (Å²) < 4.78 is 74.8. The third-order valence-electron chi connectivity index (χ3n) is 6.37. The van der Waals surface area contributed by atoms with Gasteiger partial charge in [-0.05, 0) is 62.1 Å². The molecule has 0 aliphatic carbocycles. The molecule has 0 radical (unpaired) electrons. The maximum Gasteiger partial charge on any atom is 0.573 e. The first-order valence-corrected chi connectivity index (χ1v) is 12.9. The van der Waals surface area contributed by atoms with Crippen molar-refractivity contribution in [2.75, 3.05) is 11.5 Å². The lowest BCUT2D eigenvalue weighted by atomic mass is 10.0. The monoisotopic (exact) mass is 521 g/mol. The third kappa shape index (κ3) is 4.88. The van der Waals surface area contributed by atoms with Crippen LogP contribution in [0.4, 0.5) is 17.6 Å². The van der Waals surface area contributed by atoms with E-state index in [4.69, 9.17) is 9.51 Å². The summed E-state index contributed by atoms with van der Waals surface area (Å²) in [5.41, 5.74) is 4.80. The second-order valence-corrected chi connectivity index (χ2v) is 10.5. The van der Waals surface area contributed by atoms with E-state index in [0.717, 1.165) is 52.2 Å². The van der Waals surface area contributed by atoms with Gasteiger partial charge in [0.05, 0.1) is 16.7 Å². The van der Waals surface area contributed by atoms with Crippen molar-refractivity contribution in [3.05, 3.63) is 65.1 Å². The molecule has 2 aromatic carbocycles. The highest BCUT2D eigenvalue weighted by Crippen LogP contribution is 2.33. The Balaban J connectivity index is 1.47. The minimum Gasteiger partial charge on any atom is -0.403 e. The standard InChI is InChI=1S/C25H23F4N3O3S/c1-14-24(15(2)35-31-14)17-5-6-21-20(12-17)30-23(32(21)18-9-10-36(33)13-18)8-4-16-3-7-22(19(26)11-16)34-25(27,28)29/h3,5-7,11-12,18H,4,8-10,13H2,1-2H3. The van der Waals surface area contributed by atoms with Gasteiger partial charge in [0.25, 0.3) is 0 Å². The molecule has 3 heterocycles. The van der Waals surface area contributed by atoms with E-state index in [1.54, 1.807) is 0 Å². The number of aryl methyl sites for hydroxylation is 4. The van der Waals surface area contributed by atoms with Gasteiger partial charge in [0, 0.05) is 40.3 Å². The first-order valence-electron chi connectivity index (χ1n) is 11.4. The van der Waals surface area contributed by atoms with Gasteiger partial charge in [-0.2, -0.15) is 0 Å². The van der Waals surface area contributed by atoms with E-state index in [2.05, 4.69) is 14.5 Å². The number of benzene rings is 2. The fraction of sp³-hybridized carbons (Fsp3) is 0.360.